The minimum Gasteiger partial charge on any atom is -0.493 e. The number of hydrogen-bond donors (Lipinski definition) is 1. The molecular formula is C24H29N3O5. The van der Waals surface area contributed by atoms with E-state index in [2.05, 4.69) is 5.32 Å². The number of nitrogens with zero attached hydrogens (tertiary/aromatic N) is 2. The van der Waals surface area contributed by atoms with Crippen molar-refractivity contribution in [2.75, 3.05) is 33.8 Å². The quantitative estimate of drug-likeness (QED) is 0.746. The van der Waals surface area contributed by atoms with Crippen molar-refractivity contribution in [2.24, 2.45) is 0 Å². The van der Waals surface area contributed by atoms with Gasteiger partial charge >= 0.3 is 0 Å². The number of carbonyl (C=O) groups is 3. The molecule has 0 aromatic heterocycles. The van der Waals surface area contributed by atoms with Crippen molar-refractivity contribution in [3.05, 3.63) is 59.7 Å². The molecule has 170 valence electrons. The Balaban J connectivity index is 1.64. The first-order valence-corrected chi connectivity index (χ1v) is 10.6. The maximum absolute atomic E-state index is 13.1. The van der Waals surface area contributed by atoms with Gasteiger partial charge < -0.3 is 24.6 Å². The van der Waals surface area contributed by atoms with Gasteiger partial charge in [-0.1, -0.05) is 18.2 Å². The van der Waals surface area contributed by atoms with Gasteiger partial charge in [-0.2, -0.15) is 0 Å². The molecule has 1 unspecified atom stereocenters. The van der Waals surface area contributed by atoms with E-state index in [1.54, 1.807) is 54.1 Å². The van der Waals surface area contributed by atoms with Crippen molar-refractivity contribution >= 4 is 17.7 Å². The minimum atomic E-state index is -0.756. The average molecular weight is 440 g/mol. The third-order valence-corrected chi connectivity index (χ3v) is 5.52. The van der Waals surface area contributed by atoms with E-state index in [1.807, 2.05) is 25.1 Å². The van der Waals surface area contributed by atoms with Crippen molar-refractivity contribution in [2.45, 2.75) is 26.0 Å². The summed E-state index contributed by atoms with van der Waals surface area (Å²) in [6.07, 6.45) is -0.756. The summed E-state index contributed by atoms with van der Waals surface area (Å²) in [5, 5.41) is 2.56. The smallest absolute Gasteiger partial charge is 0.263 e. The predicted octanol–water partition coefficient (Wildman–Crippen LogP) is 2.20. The molecule has 0 spiro atoms. The van der Waals surface area contributed by atoms with Crippen LogP contribution in [-0.2, 0) is 4.79 Å². The van der Waals surface area contributed by atoms with Crippen LogP contribution < -0.4 is 14.8 Å². The first-order chi connectivity index (χ1) is 15.3. The Morgan fingerprint density at radius 3 is 2.38 bits per heavy atom. The number of nitrogens with one attached hydrogen (secondary N) is 1. The lowest BCUT2D eigenvalue weighted by molar-refractivity contribution is -0.142. The van der Waals surface area contributed by atoms with Gasteiger partial charge in [0.2, 0.25) is 0 Å². The molecule has 32 heavy (non-hydrogen) atoms. The summed E-state index contributed by atoms with van der Waals surface area (Å²) >= 11 is 0. The second-order valence-electron chi connectivity index (χ2n) is 7.70. The van der Waals surface area contributed by atoms with Crippen LogP contribution in [0.2, 0.25) is 0 Å². The summed E-state index contributed by atoms with van der Waals surface area (Å²) in [6, 6.07) is 13.8. The molecule has 0 aliphatic carbocycles. The molecule has 0 radical (unpaired) electrons. The highest BCUT2D eigenvalue weighted by Crippen LogP contribution is 2.29. The molecule has 2 aromatic carbocycles. The summed E-state index contributed by atoms with van der Waals surface area (Å²) in [7, 11) is 3.03. The highest BCUT2D eigenvalue weighted by molar-refractivity contribution is 5.95. The van der Waals surface area contributed by atoms with Crippen LogP contribution in [0.25, 0.3) is 0 Å². The van der Waals surface area contributed by atoms with Gasteiger partial charge in [0.05, 0.1) is 7.11 Å². The van der Waals surface area contributed by atoms with Crippen molar-refractivity contribution in [3.8, 4) is 11.5 Å². The minimum absolute atomic E-state index is 0.0326. The van der Waals surface area contributed by atoms with Gasteiger partial charge in [0.15, 0.2) is 17.6 Å². The standard InChI is InChI=1S/C24H29N3O5/c1-16-15-26(24(30)18-8-6-5-7-9-18)12-13-27(16)23(29)17(2)32-20-11-10-19(22(28)25-3)14-21(20)31-4/h5-11,14,16-17H,12-13,15H2,1-4H3,(H,25,28)/t16?,17-/m0/s1. The van der Waals surface area contributed by atoms with Gasteiger partial charge in [-0.3, -0.25) is 14.4 Å². The summed E-state index contributed by atoms with van der Waals surface area (Å²) in [6.45, 7) is 4.95. The third kappa shape index (κ3) is 5.01. The lowest BCUT2D eigenvalue weighted by Gasteiger charge is -2.40. The topological polar surface area (TPSA) is 88.2 Å². The number of piperazine rings is 1. The molecule has 1 fully saturated rings. The van der Waals surface area contributed by atoms with E-state index in [0.29, 0.717) is 42.3 Å². The normalized spacial score (nSPS) is 16.8. The fourth-order valence-electron chi connectivity index (χ4n) is 3.76. The van der Waals surface area contributed by atoms with E-state index >= 15 is 0 Å². The molecule has 2 aromatic rings. The molecule has 1 heterocycles. The SMILES string of the molecule is CNC(=O)c1ccc(O[C@@H](C)C(=O)N2CCN(C(=O)c3ccccc3)CC2C)c(OC)c1. The Kier molecular flexibility index (Phi) is 7.35. The van der Waals surface area contributed by atoms with Crippen molar-refractivity contribution in [1.82, 2.24) is 15.1 Å². The number of amides is 3. The van der Waals surface area contributed by atoms with E-state index in [9.17, 15) is 14.4 Å². The summed E-state index contributed by atoms with van der Waals surface area (Å²) < 4.78 is 11.2. The summed E-state index contributed by atoms with van der Waals surface area (Å²) in [5.41, 5.74) is 1.08. The zero-order valence-electron chi connectivity index (χ0n) is 18.8. The molecule has 1 N–H and O–H groups in total. The van der Waals surface area contributed by atoms with Crippen molar-refractivity contribution in [1.29, 1.82) is 0 Å². The molecule has 0 saturated carbocycles. The fraction of sp³-hybridized carbons (Fsp3) is 0.375. The molecule has 2 atom stereocenters. The number of hydrogen-bond acceptors (Lipinski definition) is 5. The van der Waals surface area contributed by atoms with E-state index < -0.39 is 6.10 Å². The second kappa shape index (κ2) is 10.2. The van der Waals surface area contributed by atoms with Gasteiger partial charge in [-0.05, 0) is 44.2 Å². The fourth-order valence-corrected chi connectivity index (χ4v) is 3.76. The summed E-state index contributed by atoms with van der Waals surface area (Å²) in [4.78, 5) is 41.1. The maximum Gasteiger partial charge on any atom is 0.263 e. The molecule has 8 nitrogen and oxygen atoms in total. The Morgan fingerprint density at radius 2 is 1.75 bits per heavy atom. The zero-order valence-corrected chi connectivity index (χ0v) is 18.8. The van der Waals surface area contributed by atoms with Crippen molar-refractivity contribution < 1.29 is 23.9 Å². The maximum atomic E-state index is 13.1. The first-order valence-electron chi connectivity index (χ1n) is 10.6. The van der Waals surface area contributed by atoms with Gasteiger partial charge in [0.25, 0.3) is 17.7 Å². The lowest BCUT2D eigenvalue weighted by Crippen LogP contribution is -2.57. The molecule has 1 aliphatic heterocycles. The Bertz CT molecular complexity index is 979. The van der Waals surface area contributed by atoms with Crippen molar-refractivity contribution in [3.63, 3.8) is 0 Å². The Hall–Kier alpha value is -3.55. The molecule has 3 amide bonds. The van der Waals surface area contributed by atoms with E-state index in [0.717, 1.165) is 0 Å². The summed E-state index contributed by atoms with van der Waals surface area (Å²) in [5.74, 6) is 0.316. The molecule has 0 bridgehead atoms. The molecular weight excluding hydrogens is 410 g/mol. The number of benzene rings is 2. The van der Waals surface area contributed by atoms with Gasteiger partial charge in [0.1, 0.15) is 0 Å². The Morgan fingerprint density at radius 1 is 1.03 bits per heavy atom. The predicted molar refractivity (Wildman–Crippen MR) is 120 cm³/mol. The first kappa shape index (κ1) is 23.1. The Labute approximate surface area is 188 Å². The van der Waals surface area contributed by atoms with Crippen LogP contribution in [0.1, 0.15) is 34.6 Å². The highest BCUT2D eigenvalue weighted by atomic mass is 16.5. The van der Waals surface area contributed by atoms with Crippen LogP contribution in [0, 0.1) is 0 Å². The second-order valence-corrected chi connectivity index (χ2v) is 7.70. The zero-order chi connectivity index (χ0) is 23.3. The van der Waals surface area contributed by atoms with E-state index in [-0.39, 0.29) is 23.8 Å². The van der Waals surface area contributed by atoms with Crippen LogP contribution in [0.3, 0.4) is 0 Å². The molecule has 3 rings (SSSR count). The number of carbonyl (C=O) groups excluding carboxylic acids is 3. The monoisotopic (exact) mass is 439 g/mol. The van der Waals surface area contributed by atoms with Gasteiger partial charge in [-0.15, -0.1) is 0 Å². The van der Waals surface area contributed by atoms with Crippen LogP contribution in [0.4, 0.5) is 0 Å². The van der Waals surface area contributed by atoms with Crippen LogP contribution in [0.5, 0.6) is 11.5 Å². The number of rotatable bonds is 6. The van der Waals surface area contributed by atoms with E-state index in [1.165, 1.54) is 7.11 Å². The number of ether oxygens (including phenoxy) is 2. The van der Waals surface area contributed by atoms with E-state index in [4.69, 9.17) is 9.47 Å². The molecule has 8 heteroatoms. The average Bonchev–Trinajstić information content (AvgIpc) is 2.83. The van der Waals surface area contributed by atoms with Crippen LogP contribution in [-0.4, -0.2) is 73.5 Å². The molecule has 1 aliphatic rings. The highest BCUT2D eigenvalue weighted by Gasteiger charge is 2.33. The van der Waals surface area contributed by atoms with Gasteiger partial charge in [-0.25, -0.2) is 0 Å². The third-order valence-electron chi connectivity index (χ3n) is 5.52. The molecule has 1 saturated heterocycles. The number of methoxy groups -OCH3 is 1. The van der Waals surface area contributed by atoms with Crippen LogP contribution in [0.15, 0.2) is 48.5 Å². The van der Waals surface area contributed by atoms with Crippen LogP contribution >= 0.6 is 0 Å². The van der Waals surface area contributed by atoms with Gasteiger partial charge in [0, 0.05) is 43.9 Å². The lowest BCUT2D eigenvalue weighted by atomic mass is 10.1. The largest absolute Gasteiger partial charge is 0.493 e.